The van der Waals surface area contributed by atoms with Gasteiger partial charge in [0.15, 0.2) is 0 Å². The van der Waals surface area contributed by atoms with Crippen LogP contribution in [0.5, 0.6) is 0 Å². The van der Waals surface area contributed by atoms with Crippen molar-refractivity contribution < 1.29 is 9.59 Å². The number of nitrogens with zero attached hydrogens (tertiary/aromatic N) is 1. The number of thiophene rings is 1. The van der Waals surface area contributed by atoms with Crippen molar-refractivity contribution in [2.75, 3.05) is 25.0 Å². The van der Waals surface area contributed by atoms with Gasteiger partial charge in [-0.1, -0.05) is 60.5 Å². The normalized spacial score (nSPS) is 18.0. The van der Waals surface area contributed by atoms with Gasteiger partial charge in [-0.15, -0.1) is 11.3 Å². The minimum Gasteiger partial charge on any atom is -0.336 e. The number of hydrogen-bond acceptors (Lipinski definition) is 4. The Bertz CT molecular complexity index is 1170. The van der Waals surface area contributed by atoms with Crippen LogP contribution in [0.4, 0.5) is 5.69 Å². The summed E-state index contributed by atoms with van der Waals surface area (Å²) < 4.78 is 0.532. The van der Waals surface area contributed by atoms with E-state index in [1.807, 2.05) is 42.5 Å². The van der Waals surface area contributed by atoms with Gasteiger partial charge in [0.2, 0.25) is 0 Å². The van der Waals surface area contributed by atoms with E-state index in [2.05, 4.69) is 27.7 Å². The number of benzene rings is 2. The lowest BCUT2D eigenvalue weighted by molar-refractivity contribution is -0.118. The number of halogens is 1. The quantitative estimate of drug-likeness (QED) is 0.391. The third kappa shape index (κ3) is 5.45. The molecule has 5 rings (SSSR count). The highest BCUT2D eigenvalue weighted by molar-refractivity contribution is 7.18. The molecule has 1 saturated carbocycles. The number of amides is 2. The second-order valence-electron chi connectivity index (χ2n) is 9.60. The number of likely N-dealkylation sites (tertiary alicyclic amines) is 1. The molecule has 2 amide bonds. The van der Waals surface area contributed by atoms with E-state index in [1.165, 1.54) is 62.1 Å². The van der Waals surface area contributed by atoms with Crippen LogP contribution in [0, 0.1) is 0 Å². The Kier molecular flexibility index (Phi) is 7.23. The summed E-state index contributed by atoms with van der Waals surface area (Å²) in [4.78, 5) is 29.2. The fourth-order valence-corrected chi connectivity index (χ4v) is 6.16. The summed E-state index contributed by atoms with van der Waals surface area (Å²) in [6.07, 6.45) is 6.34. The van der Waals surface area contributed by atoms with E-state index in [9.17, 15) is 9.59 Å². The van der Waals surface area contributed by atoms with Gasteiger partial charge in [0, 0.05) is 17.6 Å². The molecule has 2 N–H and O–H groups in total. The third-order valence-corrected chi connectivity index (χ3v) is 8.50. The molecule has 2 fully saturated rings. The number of rotatable bonds is 8. The number of carbonyl (C=O) groups excluding carboxylic acids is 2. The summed E-state index contributed by atoms with van der Waals surface area (Å²) >= 11 is 7.18. The lowest BCUT2D eigenvalue weighted by atomic mass is 9.64. The molecule has 5 nitrogen and oxygen atoms in total. The first kappa shape index (κ1) is 24.0. The van der Waals surface area contributed by atoms with Gasteiger partial charge in [0.05, 0.1) is 9.21 Å². The standard InChI is InChI=1S/C28H30ClN3O2S/c29-24-14-13-23(35-24)26(33)31-25(20-7-2-1-3-8-20)27(34)30-22-11-9-21(10-12-22)28(15-6-16-28)19-32-17-4-5-18-32/h1-3,7-14,25H,4-6,15-19H2,(H,30,34)(H,31,33). The summed E-state index contributed by atoms with van der Waals surface area (Å²) in [6, 6.07) is 20.1. The topological polar surface area (TPSA) is 61.4 Å². The predicted molar refractivity (Wildman–Crippen MR) is 142 cm³/mol. The molecule has 3 aromatic rings. The third-order valence-electron chi connectivity index (χ3n) is 7.27. The Balaban J connectivity index is 1.30. The summed E-state index contributed by atoms with van der Waals surface area (Å²) in [5.41, 5.74) is 3.05. The van der Waals surface area contributed by atoms with Crippen LogP contribution in [0.3, 0.4) is 0 Å². The van der Waals surface area contributed by atoms with Crippen molar-refractivity contribution in [3.05, 3.63) is 87.1 Å². The average Bonchev–Trinajstić information content (AvgIpc) is 3.52. The van der Waals surface area contributed by atoms with Crippen LogP contribution in [0.1, 0.15) is 58.9 Å². The van der Waals surface area contributed by atoms with E-state index in [0.717, 1.165) is 17.8 Å². The average molecular weight is 508 g/mol. The van der Waals surface area contributed by atoms with Crippen molar-refractivity contribution in [1.82, 2.24) is 10.2 Å². The molecule has 0 radical (unpaired) electrons. The van der Waals surface area contributed by atoms with Crippen LogP contribution >= 0.6 is 22.9 Å². The zero-order valence-corrected chi connectivity index (χ0v) is 21.2. The van der Waals surface area contributed by atoms with Gasteiger partial charge in [0.1, 0.15) is 6.04 Å². The van der Waals surface area contributed by atoms with Gasteiger partial charge in [-0.25, -0.2) is 0 Å². The van der Waals surface area contributed by atoms with Crippen molar-refractivity contribution >= 4 is 40.4 Å². The van der Waals surface area contributed by atoms with Crippen LogP contribution in [0.25, 0.3) is 0 Å². The van der Waals surface area contributed by atoms with Crippen LogP contribution in [0.2, 0.25) is 4.34 Å². The van der Waals surface area contributed by atoms with E-state index in [0.29, 0.717) is 9.21 Å². The van der Waals surface area contributed by atoms with Crippen molar-refractivity contribution in [2.24, 2.45) is 0 Å². The Hall–Kier alpha value is -2.67. The van der Waals surface area contributed by atoms with E-state index in [-0.39, 0.29) is 17.2 Å². The fraction of sp³-hybridized carbons (Fsp3) is 0.357. The van der Waals surface area contributed by atoms with E-state index in [4.69, 9.17) is 11.6 Å². The number of anilines is 1. The van der Waals surface area contributed by atoms with Crippen LogP contribution in [0.15, 0.2) is 66.7 Å². The molecular formula is C28H30ClN3O2S. The summed E-state index contributed by atoms with van der Waals surface area (Å²) in [7, 11) is 0. The molecule has 1 aromatic heterocycles. The lowest BCUT2D eigenvalue weighted by Gasteiger charge is -2.45. The van der Waals surface area contributed by atoms with Crippen molar-refractivity contribution in [2.45, 2.75) is 43.6 Å². The zero-order valence-electron chi connectivity index (χ0n) is 19.6. The second kappa shape index (κ2) is 10.5. The molecule has 1 unspecified atom stereocenters. The SMILES string of the molecule is O=C(NC(C(=O)Nc1ccc(C2(CN3CCCC3)CCC2)cc1)c1ccccc1)c1ccc(Cl)s1. The fourth-order valence-electron chi connectivity index (χ4n) is 5.22. The Morgan fingerprint density at radius 2 is 1.66 bits per heavy atom. The molecule has 7 heteroatoms. The Labute approximate surface area is 215 Å². The molecule has 2 heterocycles. The molecule has 1 aliphatic heterocycles. The molecular weight excluding hydrogens is 478 g/mol. The number of hydrogen-bond donors (Lipinski definition) is 2. The molecule has 1 saturated heterocycles. The van der Waals surface area contributed by atoms with Gasteiger partial charge in [-0.3, -0.25) is 9.59 Å². The molecule has 1 aliphatic carbocycles. The highest BCUT2D eigenvalue weighted by Gasteiger charge is 2.40. The van der Waals surface area contributed by atoms with Crippen molar-refractivity contribution in [1.29, 1.82) is 0 Å². The maximum Gasteiger partial charge on any atom is 0.262 e. The van der Waals surface area contributed by atoms with Gasteiger partial charge < -0.3 is 15.5 Å². The van der Waals surface area contributed by atoms with E-state index >= 15 is 0 Å². The zero-order chi connectivity index (χ0) is 24.3. The minimum atomic E-state index is -0.822. The second-order valence-corrected chi connectivity index (χ2v) is 11.3. The first-order valence-corrected chi connectivity index (χ1v) is 13.5. The van der Waals surface area contributed by atoms with Crippen molar-refractivity contribution in [3.8, 4) is 0 Å². The Morgan fingerprint density at radius 1 is 0.943 bits per heavy atom. The maximum atomic E-state index is 13.3. The van der Waals surface area contributed by atoms with Gasteiger partial charge >= 0.3 is 0 Å². The molecule has 2 aromatic carbocycles. The first-order chi connectivity index (χ1) is 17.0. The largest absolute Gasteiger partial charge is 0.336 e. The monoisotopic (exact) mass is 507 g/mol. The van der Waals surface area contributed by atoms with Crippen LogP contribution < -0.4 is 10.6 Å². The van der Waals surface area contributed by atoms with Crippen LogP contribution in [-0.2, 0) is 10.2 Å². The van der Waals surface area contributed by atoms with E-state index < -0.39 is 6.04 Å². The molecule has 1 atom stereocenters. The van der Waals surface area contributed by atoms with Crippen LogP contribution in [-0.4, -0.2) is 36.3 Å². The number of nitrogens with one attached hydrogen (secondary N) is 2. The smallest absolute Gasteiger partial charge is 0.262 e. The minimum absolute atomic E-state index is 0.245. The Morgan fingerprint density at radius 3 is 2.26 bits per heavy atom. The summed E-state index contributed by atoms with van der Waals surface area (Å²) in [6.45, 7) is 3.55. The van der Waals surface area contributed by atoms with Crippen molar-refractivity contribution in [3.63, 3.8) is 0 Å². The van der Waals surface area contributed by atoms with E-state index in [1.54, 1.807) is 12.1 Å². The van der Waals surface area contributed by atoms with Gasteiger partial charge in [-0.2, -0.15) is 0 Å². The molecule has 0 bridgehead atoms. The first-order valence-electron chi connectivity index (χ1n) is 12.3. The predicted octanol–water partition coefficient (Wildman–Crippen LogP) is 6.03. The highest BCUT2D eigenvalue weighted by Crippen LogP contribution is 2.45. The summed E-state index contributed by atoms with van der Waals surface area (Å²) in [5, 5.41) is 5.88. The molecule has 0 spiro atoms. The number of carbonyl (C=O) groups is 2. The molecule has 182 valence electrons. The highest BCUT2D eigenvalue weighted by atomic mass is 35.5. The molecule has 2 aliphatic rings. The van der Waals surface area contributed by atoms with Gasteiger partial charge in [-0.05, 0) is 74.2 Å². The maximum absolute atomic E-state index is 13.3. The summed E-state index contributed by atoms with van der Waals surface area (Å²) in [5.74, 6) is -0.606. The molecule has 35 heavy (non-hydrogen) atoms. The lowest BCUT2D eigenvalue weighted by Crippen LogP contribution is -2.44. The van der Waals surface area contributed by atoms with Gasteiger partial charge in [0.25, 0.3) is 11.8 Å².